The standard InChI is InChI=1S/C13H11BrN2O2/c1-18-9-2-3-10(13(15)17)11(7-9)12-6-8(14)4-5-16-12/h2-7H,1H3,(H2,15,17). The number of pyridine rings is 1. The quantitative estimate of drug-likeness (QED) is 0.948. The van der Waals surface area contributed by atoms with Crippen molar-refractivity contribution in [2.75, 3.05) is 7.11 Å². The predicted molar refractivity (Wildman–Crippen MR) is 72.4 cm³/mol. The van der Waals surface area contributed by atoms with Crippen molar-refractivity contribution in [2.45, 2.75) is 0 Å². The zero-order valence-electron chi connectivity index (χ0n) is 9.68. The van der Waals surface area contributed by atoms with Crippen LogP contribution in [0.3, 0.4) is 0 Å². The van der Waals surface area contributed by atoms with Gasteiger partial charge in [-0.25, -0.2) is 0 Å². The molecule has 2 rings (SSSR count). The van der Waals surface area contributed by atoms with Crippen LogP contribution >= 0.6 is 15.9 Å². The number of rotatable bonds is 3. The molecule has 1 heterocycles. The summed E-state index contributed by atoms with van der Waals surface area (Å²) in [4.78, 5) is 15.7. The first kappa shape index (κ1) is 12.6. The molecule has 0 aliphatic carbocycles. The molecule has 4 nitrogen and oxygen atoms in total. The monoisotopic (exact) mass is 306 g/mol. The molecular weight excluding hydrogens is 296 g/mol. The highest BCUT2D eigenvalue weighted by Gasteiger charge is 2.12. The molecule has 2 aromatic rings. The molecule has 18 heavy (non-hydrogen) atoms. The molecule has 1 amide bonds. The lowest BCUT2D eigenvalue weighted by molar-refractivity contribution is 0.100. The first-order valence-electron chi connectivity index (χ1n) is 5.21. The van der Waals surface area contributed by atoms with Crippen LogP contribution in [0.2, 0.25) is 0 Å². The summed E-state index contributed by atoms with van der Waals surface area (Å²) in [5, 5.41) is 0. The zero-order chi connectivity index (χ0) is 13.1. The lowest BCUT2D eigenvalue weighted by Crippen LogP contribution is -2.12. The van der Waals surface area contributed by atoms with E-state index in [-0.39, 0.29) is 0 Å². The number of hydrogen-bond acceptors (Lipinski definition) is 3. The third-order valence-corrected chi connectivity index (χ3v) is 2.98. The average Bonchev–Trinajstić information content (AvgIpc) is 2.38. The van der Waals surface area contributed by atoms with Crippen molar-refractivity contribution < 1.29 is 9.53 Å². The van der Waals surface area contributed by atoms with Gasteiger partial charge < -0.3 is 10.5 Å². The van der Waals surface area contributed by atoms with Crippen LogP contribution in [0, 0.1) is 0 Å². The maximum atomic E-state index is 11.4. The molecule has 0 aliphatic heterocycles. The van der Waals surface area contributed by atoms with Crippen molar-refractivity contribution in [2.24, 2.45) is 5.73 Å². The molecule has 1 aromatic carbocycles. The minimum Gasteiger partial charge on any atom is -0.497 e. The Bertz CT molecular complexity index is 599. The summed E-state index contributed by atoms with van der Waals surface area (Å²) < 4.78 is 6.03. The van der Waals surface area contributed by atoms with Crippen LogP contribution in [0.1, 0.15) is 10.4 Å². The lowest BCUT2D eigenvalue weighted by atomic mass is 10.0. The second-order valence-corrected chi connectivity index (χ2v) is 4.55. The van der Waals surface area contributed by atoms with Gasteiger partial charge in [0, 0.05) is 21.8 Å². The van der Waals surface area contributed by atoms with Crippen LogP contribution in [0.25, 0.3) is 11.3 Å². The molecule has 0 spiro atoms. The number of nitrogens with two attached hydrogens (primary N) is 1. The summed E-state index contributed by atoms with van der Waals surface area (Å²) in [6.07, 6.45) is 1.66. The van der Waals surface area contributed by atoms with Gasteiger partial charge in [-0.15, -0.1) is 0 Å². The van der Waals surface area contributed by atoms with E-state index in [4.69, 9.17) is 10.5 Å². The van der Waals surface area contributed by atoms with E-state index in [0.29, 0.717) is 22.6 Å². The first-order chi connectivity index (χ1) is 8.61. The van der Waals surface area contributed by atoms with Gasteiger partial charge in [-0.3, -0.25) is 9.78 Å². The predicted octanol–water partition coefficient (Wildman–Crippen LogP) is 2.62. The fourth-order valence-electron chi connectivity index (χ4n) is 1.63. The first-order valence-corrected chi connectivity index (χ1v) is 6.01. The highest BCUT2D eigenvalue weighted by atomic mass is 79.9. The number of methoxy groups -OCH3 is 1. The van der Waals surface area contributed by atoms with Crippen molar-refractivity contribution in [3.8, 4) is 17.0 Å². The minimum absolute atomic E-state index is 0.418. The molecule has 1 aromatic heterocycles. The highest BCUT2D eigenvalue weighted by molar-refractivity contribution is 9.10. The summed E-state index contributed by atoms with van der Waals surface area (Å²) >= 11 is 3.37. The number of halogens is 1. The van der Waals surface area contributed by atoms with Crippen molar-refractivity contribution in [3.05, 3.63) is 46.6 Å². The number of carbonyl (C=O) groups excluding carboxylic acids is 1. The Labute approximate surface area is 113 Å². The van der Waals surface area contributed by atoms with E-state index in [9.17, 15) is 4.79 Å². The molecule has 0 saturated carbocycles. The highest BCUT2D eigenvalue weighted by Crippen LogP contribution is 2.28. The molecule has 0 radical (unpaired) electrons. The largest absolute Gasteiger partial charge is 0.497 e. The molecule has 2 N–H and O–H groups in total. The summed E-state index contributed by atoms with van der Waals surface area (Å²) in [6, 6.07) is 8.71. The molecule has 0 saturated heterocycles. The smallest absolute Gasteiger partial charge is 0.249 e. The van der Waals surface area contributed by atoms with Crippen molar-refractivity contribution in [1.82, 2.24) is 4.98 Å². The second kappa shape index (κ2) is 5.18. The number of amides is 1. The molecule has 0 unspecified atom stereocenters. The fraction of sp³-hybridized carbons (Fsp3) is 0.0769. The Balaban J connectivity index is 2.63. The third kappa shape index (κ3) is 2.51. The van der Waals surface area contributed by atoms with Crippen molar-refractivity contribution in [1.29, 1.82) is 0 Å². The molecule has 0 bridgehead atoms. The molecule has 0 atom stereocenters. The Morgan fingerprint density at radius 2 is 2.11 bits per heavy atom. The third-order valence-electron chi connectivity index (χ3n) is 2.49. The van der Waals surface area contributed by atoms with Gasteiger partial charge in [0.25, 0.3) is 0 Å². The normalized spacial score (nSPS) is 10.1. The van der Waals surface area contributed by atoms with Gasteiger partial charge in [0.1, 0.15) is 5.75 Å². The summed E-state index contributed by atoms with van der Waals surface area (Å²) in [6.45, 7) is 0. The molecule has 0 aliphatic rings. The van der Waals surface area contributed by atoms with Gasteiger partial charge >= 0.3 is 0 Å². The number of primary amides is 1. The van der Waals surface area contributed by atoms with E-state index in [1.807, 2.05) is 12.1 Å². The molecular formula is C13H11BrN2O2. The van der Waals surface area contributed by atoms with Gasteiger partial charge in [-0.2, -0.15) is 0 Å². The molecule has 0 fully saturated rings. The van der Waals surface area contributed by atoms with Crippen LogP contribution in [0.5, 0.6) is 5.75 Å². The van der Waals surface area contributed by atoms with E-state index in [2.05, 4.69) is 20.9 Å². The summed E-state index contributed by atoms with van der Waals surface area (Å²) in [5.41, 5.74) is 7.10. The Morgan fingerprint density at radius 1 is 1.33 bits per heavy atom. The average molecular weight is 307 g/mol. The van der Waals surface area contributed by atoms with Crippen molar-refractivity contribution >= 4 is 21.8 Å². The number of carbonyl (C=O) groups is 1. The van der Waals surface area contributed by atoms with Gasteiger partial charge in [0.2, 0.25) is 5.91 Å². The maximum Gasteiger partial charge on any atom is 0.249 e. The minimum atomic E-state index is -0.491. The van der Waals surface area contributed by atoms with Gasteiger partial charge in [0.05, 0.1) is 12.8 Å². The fourth-order valence-corrected chi connectivity index (χ4v) is 1.96. The summed E-state index contributed by atoms with van der Waals surface area (Å²) in [7, 11) is 1.57. The van der Waals surface area contributed by atoms with Gasteiger partial charge in [-0.05, 0) is 30.3 Å². The summed E-state index contributed by atoms with van der Waals surface area (Å²) in [5.74, 6) is 0.159. The Hall–Kier alpha value is -1.88. The molecule has 92 valence electrons. The lowest BCUT2D eigenvalue weighted by Gasteiger charge is -2.09. The molecule has 5 heteroatoms. The van der Waals surface area contributed by atoms with E-state index < -0.39 is 5.91 Å². The van der Waals surface area contributed by atoms with E-state index in [1.54, 1.807) is 31.5 Å². The van der Waals surface area contributed by atoms with Crippen LogP contribution in [0.4, 0.5) is 0 Å². The van der Waals surface area contributed by atoms with Crippen LogP contribution < -0.4 is 10.5 Å². The van der Waals surface area contributed by atoms with E-state index in [1.165, 1.54) is 0 Å². The van der Waals surface area contributed by atoms with Gasteiger partial charge in [0.15, 0.2) is 0 Å². The Morgan fingerprint density at radius 3 is 2.72 bits per heavy atom. The van der Waals surface area contributed by atoms with E-state index in [0.717, 1.165) is 4.47 Å². The van der Waals surface area contributed by atoms with Crippen LogP contribution in [-0.4, -0.2) is 18.0 Å². The topological polar surface area (TPSA) is 65.2 Å². The van der Waals surface area contributed by atoms with Crippen LogP contribution in [0.15, 0.2) is 41.0 Å². The Kier molecular flexibility index (Phi) is 3.62. The SMILES string of the molecule is COc1ccc(C(N)=O)c(-c2cc(Br)ccn2)c1. The zero-order valence-corrected chi connectivity index (χ0v) is 11.3. The van der Waals surface area contributed by atoms with E-state index >= 15 is 0 Å². The van der Waals surface area contributed by atoms with Gasteiger partial charge in [-0.1, -0.05) is 15.9 Å². The number of benzene rings is 1. The van der Waals surface area contributed by atoms with Crippen molar-refractivity contribution in [3.63, 3.8) is 0 Å². The van der Waals surface area contributed by atoms with Crippen LogP contribution in [-0.2, 0) is 0 Å². The number of ether oxygens (including phenoxy) is 1. The number of nitrogens with zero attached hydrogens (tertiary/aromatic N) is 1. The second-order valence-electron chi connectivity index (χ2n) is 3.64. The number of aromatic nitrogens is 1. The maximum absolute atomic E-state index is 11.4. The number of hydrogen-bond donors (Lipinski definition) is 1.